The van der Waals surface area contributed by atoms with Crippen LogP contribution in [0.3, 0.4) is 0 Å². The normalized spacial score (nSPS) is 18.6. The van der Waals surface area contributed by atoms with Crippen LogP contribution in [-0.4, -0.2) is 42.4 Å². The van der Waals surface area contributed by atoms with Gasteiger partial charge in [0.05, 0.1) is 20.1 Å². The Morgan fingerprint density at radius 3 is 2.70 bits per heavy atom. The summed E-state index contributed by atoms with van der Waals surface area (Å²) in [5.41, 5.74) is 0.937. The van der Waals surface area contributed by atoms with Crippen LogP contribution >= 0.6 is 0 Å². The second-order valence-corrected chi connectivity index (χ2v) is 4.58. The third kappa shape index (κ3) is 3.34. The number of hydrogen-bond donors (Lipinski definition) is 1. The van der Waals surface area contributed by atoms with Gasteiger partial charge in [0.25, 0.3) is 0 Å². The Balaban J connectivity index is 2.07. The molecule has 6 nitrogen and oxygen atoms in total. The minimum absolute atomic E-state index is 0.00536. The molecule has 1 heterocycles. The maximum atomic E-state index is 12.2. The predicted octanol–water partition coefficient (Wildman–Crippen LogP) is 0.0767. The minimum Gasteiger partial charge on any atom is -0.469 e. The van der Waals surface area contributed by atoms with Crippen molar-refractivity contribution in [3.63, 3.8) is 0 Å². The van der Waals surface area contributed by atoms with E-state index in [0.29, 0.717) is 6.54 Å². The van der Waals surface area contributed by atoms with Crippen molar-refractivity contribution >= 4 is 17.8 Å². The molecule has 1 aliphatic heterocycles. The first-order valence-corrected chi connectivity index (χ1v) is 6.29. The zero-order chi connectivity index (χ0) is 14.5. The maximum absolute atomic E-state index is 12.2. The largest absolute Gasteiger partial charge is 0.469 e. The Labute approximate surface area is 116 Å². The average Bonchev–Trinajstić information content (AvgIpc) is 2.45. The van der Waals surface area contributed by atoms with E-state index in [-0.39, 0.29) is 24.8 Å². The Bertz CT molecular complexity index is 515. The lowest BCUT2D eigenvalue weighted by atomic mass is 10.1. The fourth-order valence-electron chi connectivity index (χ4n) is 2.10. The zero-order valence-electron chi connectivity index (χ0n) is 11.2. The van der Waals surface area contributed by atoms with E-state index in [1.54, 1.807) is 0 Å². The lowest BCUT2D eigenvalue weighted by Gasteiger charge is -2.32. The van der Waals surface area contributed by atoms with Crippen molar-refractivity contribution < 1.29 is 19.1 Å². The molecule has 1 saturated heterocycles. The van der Waals surface area contributed by atoms with E-state index in [1.807, 2.05) is 30.3 Å². The predicted molar refractivity (Wildman–Crippen MR) is 70.4 cm³/mol. The summed E-state index contributed by atoms with van der Waals surface area (Å²) in [4.78, 5) is 36.6. The molecule has 1 fully saturated rings. The van der Waals surface area contributed by atoms with Gasteiger partial charge >= 0.3 is 5.97 Å². The smallest absolute Gasteiger partial charge is 0.308 e. The first-order chi connectivity index (χ1) is 9.60. The third-order valence-corrected chi connectivity index (χ3v) is 3.09. The number of carbonyl (C=O) groups is 3. The number of rotatable bonds is 4. The average molecular weight is 276 g/mol. The Hall–Kier alpha value is -2.37. The van der Waals surface area contributed by atoms with Gasteiger partial charge in [0, 0.05) is 6.54 Å². The topological polar surface area (TPSA) is 75.7 Å². The van der Waals surface area contributed by atoms with Crippen LogP contribution in [0.4, 0.5) is 0 Å². The van der Waals surface area contributed by atoms with Crippen molar-refractivity contribution in [1.82, 2.24) is 10.2 Å². The summed E-state index contributed by atoms with van der Waals surface area (Å²) in [6, 6.07) is 8.55. The number of piperazine rings is 1. The van der Waals surface area contributed by atoms with E-state index in [1.165, 1.54) is 12.0 Å². The van der Waals surface area contributed by atoms with Crippen LogP contribution in [0.25, 0.3) is 0 Å². The van der Waals surface area contributed by atoms with Crippen LogP contribution in [0, 0.1) is 0 Å². The van der Waals surface area contributed by atoms with Crippen molar-refractivity contribution in [2.24, 2.45) is 0 Å². The Morgan fingerprint density at radius 2 is 2.05 bits per heavy atom. The highest BCUT2D eigenvalue weighted by atomic mass is 16.5. The fourth-order valence-corrected chi connectivity index (χ4v) is 2.10. The number of hydrogen-bond acceptors (Lipinski definition) is 4. The molecule has 0 saturated carbocycles. The second kappa shape index (κ2) is 6.18. The van der Waals surface area contributed by atoms with Gasteiger partial charge in [-0.1, -0.05) is 30.3 Å². The maximum Gasteiger partial charge on any atom is 0.308 e. The minimum atomic E-state index is -0.840. The van der Waals surface area contributed by atoms with Crippen molar-refractivity contribution in [3.8, 4) is 0 Å². The molecule has 1 atom stereocenters. The van der Waals surface area contributed by atoms with Gasteiger partial charge < -0.3 is 15.0 Å². The SMILES string of the molecule is COC(=O)C[C@H]1NC(=O)CN(Cc2ccccc2)C1=O. The van der Waals surface area contributed by atoms with E-state index in [0.717, 1.165) is 5.56 Å². The fraction of sp³-hybridized carbons (Fsp3) is 0.357. The van der Waals surface area contributed by atoms with Crippen LogP contribution in [0.1, 0.15) is 12.0 Å². The van der Waals surface area contributed by atoms with Crippen LogP contribution in [0.15, 0.2) is 30.3 Å². The van der Waals surface area contributed by atoms with E-state index in [9.17, 15) is 14.4 Å². The summed E-state index contributed by atoms with van der Waals surface area (Å²) in [7, 11) is 1.25. The monoisotopic (exact) mass is 276 g/mol. The van der Waals surface area contributed by atoms with Gasteiger partial charge in [0.2, 0.25) is 11.8 Å². The van der Waals surface area contributed by atoms with Crippen LogP contribution in [0.2, 0.25) is 0 Å². The quantitative estimate of drug-likeness (QED) is 0.790. The van der Waals surface area contributed by atoms with E-state index in [4.69, 9.17) is 0 Å². The first-order valence-electron chi connectivity index (χ1n) is 6.29. The highest BCUT2D eigenvalue weighted by Gasteiger charge is 2.34. The molecule has 0 aromatic heterocycles. The molecule has 2 rings (SSSR count). The molecular weight excluding hydrogens is 260 g/mol. The highest BCUT2D eigenvalue weighted by molar-refractivity contribution is 5.96. The number of amides is 2. The van der Waals surface area contributed by atoms with E-state index >= 15 is 0 Å². The summed E-state index contributed by atoms with van der Waals surface area (Å²) < 4.78 is 4.53. The lowest BCUT2D eigenvalue weighted by Crippen LogP contribution is -2.58. The summed E-state index contributed by atoms with van der Waals surface area (Å²) in [5.74, 6) is -1.06. The number of benzene rings is 1. The lowest BCUT2D eigenvalue weighted by molar-refractivity contribution is -0.150. The zero-order valence-corrected chi connectivity index (χ0v) is 11.2. The van der Waals surface area contributed by atoms with Gasteiger partial charge in [-0.3, -0.25) is 14.4 Å². The van der Waals surface area contributed by atoms with Crippen LogP contribution in [-0.2, 0) is 25.7 Å². The Kier molecular flexibility index (Phi) is 4.34. The summed E-state index contributed by atoms with van der Waals surface area (Å²) in [6.45, 7) is 0.357. The molecule has 1 aromatic rings. The molecule has 0 bridgehead atoms. The standard InChI is InChI=1S/C14H16N2O4/c1-20-13(18)7-11-14(19)16(9-12(17)15-11)8-10-5-3-2-4-6-10/h2-6,11H,7-9H2,1H3,(H,15,17)/t11-/m1/s1. The first kappa shape index (κ1) is 14.0. The number of carbonyl (C=O) groups excluding carboxylic acids is 3. The van der Waals surface area contributed by atoms with Gasteiger partial charge in [-0.15, -0.1) is 0 Å². The molecule has 20 heavy (non-hydrogen) atoms. The number of nitrogens with one attached hydrogen (secondary N) is 1. The molecule has 0 unspecified atom stereocenters. The Morgan fingerprint density at radius 1 is 1.35 bits per heavy atom. The van der Waals surface area contributed by atoms with Crippen molar-refractivity contribution in [1.29, 1.82) is 0 Å². The van der Waals surface area contributed by atoms with Gasteiger partial charge in [-0.2, -0.15) is 0 Å². The van der Waals surface area contributed by atoms with E-state index in [2.05, 4.69) is 10.1 Å². The molecule has 0 aliphatic carbocycles. The number of esters is 1. The third-order valence-electron chi connectivity index (χ3n) is 3.09. The van der Waals surface area contributed by atoms with E-state index < -0.39 is 12.0 Å². The molecular formula is C14H16N2O4. The van der Waals surface area contributed by atoms with Crippen molar-refractivity contribution in [3.05, 3.63) is 35.9 Å². The molecule has 6 heteroatoms. The second-order valence-electron chi connectivity index (χ2n) is 4.58. The highest BCUT2D eigenvalue weighted by Crippen LogP contribution is 2.11. The van der Waals surface area contributed by atoms with Crippen molar-refractivity contribution in [2.75, 3.05) is 13.7 Å². The summed E-state index contributed by atoms with van der Waals surface area (Å²) >= 11 is 0. The van der Waals surface area contributed by atoms with Gasteiger partial charge in [-0.05, 0) is 5.56 Å². The number of methoxy groups -OCH3 is 1. The molecule has 1 aliphatic rings. The van der Waals surface area contributed by atoms with Crippen molar-refractivity contribution in [2.45, 2.75) is 19.0 Å². The molecule has 2 amide bonds. The number of nitrogens with zero attached hydrogens (tertiary/aromatic N) is 1. The molecule has 0 radical (unpaired) electrons. The van der Waals surface area contributed by atoms with Gasteiger partial charge in [0.15, 0.2) is 0 Å². The number of ether oxygens (including phenoxy) is 1. The molecule has 1 aromatic carbocycles. The summed E-state index contributed by atoms with van der Waals surface area (Å²) in [5, 5.41) is 2.52. The van der Waals surface area contributed by atoms with Crippen LogP contribution < -0.4 is 5.32 Å². The molecule has 106 valence electrons. The van der Waals surface area contributed by atoms with Gasteiger partial charge in [0.1, 0.15) is 6.04 Å². The molecule has 0 spiro atoms. The molecule has 1 N–H and O–H groups in total. The van der Waals surface area contributed by atoms with Gasteiger partial charge in [-0.25, -0.2) is 0 Å². The summed E-state index contributed by atoms with van der Waals surface area (Å²) in [6.07, 6.45) is -0.146. The van der Waals surface area contributed by atoms with Crippen LogP contribution in [0.5, 0.6) is 0 Å².